The summed E-state index contributed by atoms with van der Waals surface area (Å²) in [5.74, 6) is 0.880. The van der Waals surface area contributed by atoms with E-state index in [1.54, 1.807) is 7.11 Å². The first kappa shape index (κ1) is 10.8. The highest BCUT2D eigenvalue weighted by Crippen LogP contribution is 2.10. The predicted molar refractivity (Wildman–Crippen MR) is 60.3 cm³/mol. The summed E-state index contributed by atoms with van der Waals surface area (Å²) in [5, 5.41) is 0. The fourth-order valence-corrected chi connectivity index (χ4v) is 1.01. The van der Waals surface area contributed by atoms with Crippen molar-refractivity contribution >= 4 is 6.21 Å². The van der Waals surface area contributed by atoms with E-state index >= 15 is 0 Å². The number of aliphatic imine (C=N–C) groups is 1. The van der Waals surface area contributed by atoms with Gasteiger partial charge in [-0.1, -0.05) is 6.92 Å². The number of methoxy groups -OCH3 is 1. The average molecular weight is 191 g/mol. The van der Waals surface area contributed by atoms with Gasteiger partial charge in [0, 0.05) is 12.3 Å². The predicted octanol–water partition coefficient (Wildman–Crippen LogP) is 2.91. The van der Waals surface area contributed by atoms with Crippen LogP contribution in [0.15, 0.2) is 29.3 Å². The van der Waals surface area contributed by atoms with E-state index in [0.29, 0.717) is 6.04 Å². The number of hydrogen-bond acceptors (Lipinski definition) is 2. The molecule has 0 spiro atoms. The smallest absolute Gasteiger partial charge is 0.118 e. The van der Waals surface area contributed by atoms with E-state index in [4.69, 9.17) is 4.74 Å². The minimum Gasteiger partial charge on any atom is -0.497 e. The SMILES string of the molecule is CC[C@H](C)N=Cc1ccc(OC)cc1. The van der Waals surface area contributed by atoms with Gasteiger partial charge < -0.3 is 4.74 Å². The molecule has 0 amide bonds. The van der Waals surface area contributed by atoms with Crippen LogP contribution in [0.25, 0.3) is 0 Å². The molecule has 14 heavy (non-hydrogen) atoms. The third-order valence-electron chi connectivity index (χ3n) is 2.18. The molecule has 0 aliphatic carbocycles. The van der Waals surface area contributed by atoms with Gasteiger partial charge in [0.2, 0.25) is 0 Å². The van der Waals surface area contributed by atoms with E-state index in [1.807, 2.05) is 30.5 Å². The van der Waals surface area contributed by atoms with Crippen LogP contribution in [0.5, 0.6) is 5.75 Å². The van der Waals surface area contributed by atoms with Gasteiger partial charge >= 0.3 is 0 Å². The number of ether oxygens (including phenoxy) is 1. The molecule has 0 fully saturated rings. The minimum absolute atomic E-state index is 0.400. The molecule has 0 radical (unpaired) electrons. The van der Waals surface area contributed by atoms with Crippen LogP contribution in [0, 0.1) is 0 Å². The Hall–Kier alpha value is -1.31. The van der Waals surface area contributed by atoms with Crippen molar-refractivity contribution in [2.24, 2.45) is 4.99 Å². The number of nitrogens with zero attached hydrogens (tertiary/aromatic N) is 1. The zero-order valence-corrected chi connectivity index (χ0v) is 9.03. The standard InChI is InChI=1S/C12H17NO/c1-4-10(2)13-9-11-5-7-12(14-3)8-6-11/h5-10H,4H2,1-3H3/t10-/m0/s1. The molecule has 0 saturated carbocycles. The third-order valence-corrected chi connectivity index (χ3v) is 2.18. The molecule has 0 bridgehead atoms. The Morgan fingerprint density at radius 2 is 2.00 bits per heavy atom. The Morgan fingerprint density at radius 1 is 1.36 bits per heavy atom. The Bertz CT molecular complexity index is 290. The Labute approximate surface area is 85.6 Å². The molecule has 1 rings (SSSR count). The molecular formula is C12H17NO. The molecule has 1 aromatic carbocycles. The Morgan fingerprint density at radius 3 is 2.50 bits per heavy atom. The third kappa shape index (κ3) is 3.21. The van der Waals surface area contributed by atoms with Gasteiger partial charge in [0.05, 0.1) is 7.11 Å². The van der Waals surface area contributed by atoms with Gasteiger partial charge in [-0.3, -0.25) is 4.99 Å². The lowest BCUT2D eigenvalue weighted by molar-refractivity contribution is 0.415. The summed E-state index contributed by atoms with van der Waals surface area (Å²) in [7, 11) is 1.67. The van der Waals surface area contributed by atoms with Gasteiger partial charge in [-0.25, -0.2) is 0 Å². The maximum Gasteiger partial charge on any atom is 0.118 e. The van der Waals surface area contributed by atoms with E-state index in [9.17, 15) is 0 Å². The topological polar surface area (TPSA) is 21.6 Å². The van der Waals surface area contributed by atoms with E-state index < -0.39 is 0 Å². The maximum absolute atomic E-state index is 5.07. The summed E-state index contributed by atoms with van der Waals surface area (Å²) in [4.78, 5) is 4.40. The highest BCUT2D eigenvalue weighted by Gasteiger charge is 1.93. The van der Waals surface area contributed by atoms with Gasteiger partial charge in [0.1, 0.15) is 5.75 Å². The van der Waals surface area contributed by atoms with Crippen LogP contribution in [0.2, 0.25) is 0 Å². The van der Waals surface area contributed by atoms with Gasteiger partial charge in [-0.05, 0) is 43.2 Å². The van der Waals surface area contributed by atoms with Crippen LogP contribution in [0.3, 0.4) is 0 Å². The Kier molecular flexibility index (Phi) is 4.17. The highest BCUT2D eigenvalue weighted by molar-refractivity contribution is 5.79. The van der Waals surface area contributed by atoms with Crippen molar-refractivity contribution in [2.75, 3.05) is 7.11 Å². The highest BCUT2D eigenvalue weighted by atomic mass is 16.5. The van der Waals surface area contributed by atoms with Crippen molar-refractivity contribution in [1.82, 2.24) is 0 Å². The molecule has 0 aromatic heterocycles. The lowest BCUT2D eigenvalue weighted by Crippen LogP contribution is -1.95. The van der Waals surface area contributed by atoms with Gasteiger partial charge in [0.25, 0.3) is 0 Å². The summed E-state index contributed by atoms with van der Waals surface area (Å²) in [5.41, 5.74) is 1.12. The van der Waals surface area contributed by atoms with Crippen LogP contribution in [-0.4, -0.2) is 19.4 Å². The summed E-state index contributed by atoms with van der Waals surface area (Å²) < 4.78 is 5.07. The second kappa shape index (κ2) is 5.43. The van der Waals surface area contributed by atoms with Crippen LogP contribution in [0.4, 0.5) is 0 Å². The monoisotopic (exact) mass is 191 g/mol. The van der Waals surface area contributed by atoms with Crippen LogP contribution >= 0.6 is 0 Å². The molecule has 0 aliphatic heterocycles. The van der Waals surface area contributed by atoms with Crippen molar-refractivity contribution < 1.29 is 4.74 Å². The summed E-state index contributed by atoms with van der Waals surface area (Å²) >= 11 is 0. The summed E-state index contributed by atoms with van der Waals surface area (Å²) in [6.07, 6.45) is 2.99. The van der Waals surface area contributed by atoms with Crippen LogP contribution in [-0.2, 0) is 0 Å². The van der Waals surface area contributed by atoms with Gasteiger partial charge in [-0.15, -0.1) is 0 Å². The second-order valence-electron chi connectivity index (χ2n) is 3.31. The number of rotatable bonds is 4. The van der Waals surface area contributed by atoms with Gasteiger partial charge in [-0.2, -0.15) is 0 Å². The summed E-state index contributed by atoms with van der Waals surface area (Å²) in [6, 6.07) is 8.29. The van der Waals surface area contributed by atoms with Crippen LogP contribution in [0.1, 0.15) is 25.8 Å². The largest absolute Gasteiger partial charge is 0.497 e. The van der Waals surface area contributed by atoms with E-state index in [2.05, 4.69) is 18.8 Å². The van der Waals surface area contributed by atoms with E-state index in [-0.39, 0.29) is 0 Å². The molecule has 0 heterocycles. The first-order chi connectivity index (χ1) is 6.76. The van der Waals surface area contributed by atoms with Gasteiger partial charge in [0.15, 0.2) is 0 Å². The lowest BCUT2D eigenvalue weighted by atomic mass is 10.2. The first-order valence-corrected chi connectivity index (χ1v) is 4.93. The van der Waals surface area contributed by atoms with Crippen molar-refractivity contribution in [3.63, 3.8) is 0 Å². The average Bonchev–Trinajstić information content (AvgIpc) is 2.26. The second-order valence-corrected chi connectivity index (χ2v) is 3.31. The van der Waals surface area contributed by atoms with Crippen molar-refractivity contribution in [3.8, 4) is 5.75 Å². The van der Waals surface area contributed by atoms with Crippen molar-refractivity contribution in [2.45, 2.75) is 26.3 Å². The molecule has 0 aliphatic rings. The van der Waals surface area contributed by atoms with Crippen molar-refractivity contribution in [1.29, 1.82) is 0 Å². The first-order valence-electron chi connectivity index (χ1n) is 4.93. The van der Waals surface area contributed by atoms with E-state index in [0.717, 1.165) is 17.7 Å². The fourth-order valence-electron chi connectivity index (χ4n) is 1.01. The number of benzene rings is 1. The molecule has 2 heteroatoms. The molecule has 1 aromatic rings. The number of hydrogen-bond donors (Lipinski definition) is 0. The summed E-state index contributed by atoms with van der Waals surface area (Å²) in [6.45, 7) is 4.25. The molecule has 0 N–H and O–H groups in total. The molecule has 0 saturated heterocycles. The fraction of sp³-hybridized carbons (Fsp3) is 0.417. The maximum atomic E-state index is 5.07. The zero-order chi connectivity index (χ0) is 10.4. The van der Waals surface area contributed by atoms with E-state index in [1.165, 1.54) is 0 Å². The Balaban J connectivity index is 2.64. The zero-order valence-electron chi connectivity index (χ0n) is 9.03. The molecular weight excluding hydrogens is 174 g/mol. The quantitative estimate of drug-likeness (QED) is 0.670. The van der Waals surface area contributed by atoms with Crippen LogP contribution < -0.4 is 4.74 Å². The molecule has 1 atom stereocenters. The normalized spacial score (nSPS) is 13.1. The molecule has 76 valence electrons. The minimum atomic E-state index is 0.400. The molecule has 0 unspecified atom stereocenters. The lowest BCUT2D eigenvalue weighted by Gasteiger charge is -2.01. The van der Waals surface area contributed by atoms with Crippen molar-refractivity contribution in [3.05, 3.63) is 29.8 Å². The molecule has 2 nitrogen and oxygen atoms in total.